The van der Waals surface area contributed by atoms with Crippen LogP contribution in [0.1, 0.15) is 0 Å². The fourth-order valence-electron chi connectivity index (χ4n) is 0. The van der Waals surface area contributed by atoms with Crippen LogP contribution in [0.15, 0.2) is 6.08 Å². The molecule has 0 fully saturated rings. The molecule has 0 aliphatic heterocycles. The first-order valence-electron chi connectivity index (χ1n) is 0.934. The van der Waals surface area contributed by atoms with Crippen LogP contribution in [0.5, 0.6) is 0 Å². The normalized spacial score (nSPS) is 5.50. The molecule has 4 heteroatoms. The van der Waals surface area contributed by atoms with Gasteiger partial charge >= 0.3 is 34.5 Å². The average Bonchev–Trinajstić information content (AvgIpc) is 1.41. The molecule has 0 atom stereocenters. The van der Waals surface area contributed by atoms with Gasteiger partial charge < -0.3 is 6.58 Å². The molecule has 0 rings (SSSR count). The molecule has 0 radical (unpaired) electrons. The monoisotopic (exact) mass is 254 g/mol. The molecule has 32 valence electrons. The van der Waals surface area contributed by atoms with Crippen molar-refractivity contribution in [1.29, 1.82) is 0 Å². The van der Waals surface area contributed by atoms with Crippen molar-refractivity contribution in [2.24, 2.45) is 0 Å². The molecule has 0 unspecified atom stereocenters. The van der Waals surface area contributed by atoms with Crippen LogP contribution in [0, 0.1) is 6.58 Å². The predicted octanol–water partition coefficient (Wildman–Crippen LogP) is 2.08. The molecular formula is C2HF2IZn. The molecule has 0 aromatic rings. The molecule has 0 saturated carbocycles. The van der Waals surface area contributed by atoms with E-state index in [-0.39, 0.29) is 0 Å². The van der Waals surface area contributed by atoms with Crippen LogP contribution >= 0.6 is 19.8 Å². The van der Waals surface area contributed by atoms with Crippen LogP contribution < -0.4 is 0 Å². The number of hydrogen-bond donors (Lipinski definition) is 0. The molecule has 0 aromatic carbocycles. The molecule has 0 nitrogen and oxygen atoms in total. The van der Waals surface area contributed by atoms with Crippen LogP contribution in [-0.2, 0) is 14.8 Å². The summed E-state index contributed by atoms with van der Waals surface area (Å²) < 4.78 is 20.1. The quantitative estimate of drug-likeness (QED) is 0.353. The Bertz CT molecular complexity index is 34.5. The molecule has 0 saturated heterocycles. The minimum atomic E-state index is -2.08. The molecule has 0 aliphatic rings. The van der Waals surface area contributed by atoms with Crippen molar-refractivity contribution in [2.45, 2.75) is 0 Å². The van der Waals surface area contributed by atoms with E-state index in [9.17, 15) is 8.78 Å². The first-order chi connectivity index (χ1) is 2.73. The van der Waals surface area contributed by atoms with Crippen molar-refractivity contribution >= 4 is 19.8 Å². The summed E-state index contributed by atoms with van der Waals surface area (Å²) in [5.74, 6) is 0. The zero-order valence-electron chi connectivity index (χ0n) is 2.92. The van der Waals surface area contributed by atoms with Crippen molar-refractivity contribution in [3.8, 4) is 0 Å². The van der Waals surface area contributed by atoms with Crippen LogP contribution in [-0.4, -0.2) is 0 Å². The number of rotatable bonds is 0. The van der Waals surface area contributed by atoms with E-state index in [2.05, 4.69) is 26.3 Å². The standard InChI is InChI=1S/C2HF2.HI.Zn/c1-2(3)4;;/h1H;1H;/q-1;;+2/p-1. The van der Waals surface area contributed by atoms with E-state index in [0.29, 0.717) is 0 Å². The van der Waals surface area contributed by atoms with Crippen LogP contribution in [0.4, 0.5) is 8.78 Å². The van der Waals surface area contributed by atoms with E-state index in [1.54, 1.807) is 0 Å². The molecule has 0 N–H and O–H groups in total. The van der Waals surface area contributed by atoms with Gasteiger partial charge in [0.15, 0.2) is 0 Å². The van der Waals surface area contributed by atoms with Gasteiger partial charge in [0.2, 0.25) is 0 Å². The first-order valence-corrected chi connectivity index (χ1v) is 9.98. The predicted molar refractivity (Wildman–Crippen MR) is 24.0 cm³/mol. The number of halogens is 3. The first kappa shape index (κ1) is 10.0. The van der Waals surface area contributed by atoms with Gasteiger partial charge in [0.25, 0.3) is 0 Å². The Morgan fingerprint density at radius 2 is 1.50 bits per heavy atom. The van der Waals surface area contributed by atoms with Crippen molar-refractivity contribution in [1.82, 2.24) is 0 Å². The maximum absolute atomic E-state index is 10.0. The maximum atomic E-state index is 10.0. The Kier molecular flexibility index (Phi) is 15.6. The third kappa shape index (κ3) is 85.2. The Labute approximate surface area is 55.9 Å². The van der Waals surface area contributed by atoms with Gasteiger partial charge in [-0.25, -0.2) is 8.78 Å². The molecule has 6 heavy (non-hydrogen) atoms. The zero-order chi connectivity index (χ0) is 5.58. The van der Waals surface area contributed by atoms with Crippen molar-refractivity contribution in [2.75, 3.05) is 0 Å². The van der Waals surface area contributed by atoms with Crippen molar-refractivity contribution in [3.05, 3.63) is 12.7 Å². The summed E-state index contributed by atoms with van der Waals surface area (Å²) in [6, 6.07) is 0. The van der Waals surface area contributed by atoms with Gasteiger partial charge in [0, 0.05) is 0 Å². The van der Waals surface area contributed by atoms with E-state index in [1.807, 2.05) is 0 Å². The number of hydrogen-bond acceptors (Lipinski definition) is 0. The van der Waals surface area contributed by atoms with E-state index < -0.39 is 6.08 Å². The van der Waals surface area contributed by atoms with E-state index in [1.165, 1.54) is 14.8 Å². The molecule has 0 bridgehead atoms. The van der Waals surface area contributed by atoms with Gasteiger partial charge in [0.05, 0.1) is 6.08 Å². The van der Waals surface area contributed by atoms with Crippen molar-refractivity contribution < 1.29 is 23.6 Å². The summed E-state index contributed by atoms with van der Waals surface area (Å²) in [4.78, 5) is 0. The second kappa shape index (κ2) is 9.35. The fraction of sp³-hybridized carbons (Fsp3) is 0. The Morgan fingerprint density at radius 3 is 1.50 bits per heavy atom. The molecule has 0 aliphatic carbocycles. The Balaban J connectivity index is 0. The van der Waals surface area contributed by atoms with Gasteiger partial charge in [-0.3, -0.25) is 0 Å². The second-order valence-corrected chi connectivity index (χ2v) is 0.290. The van der Waals surface area contributed by atoms with Crippen LogP contribution in [0.2, 0.25) is 0 Å². The average molecular weight is 255 g/mol. The zero-order valence-corrected chi connectivity index (χ0v) is 8.04. The molecule has 0 spiro atoms. The summed E-state index contributed by atoms with van der Waals surface area (Å²) in [6.07, 6.45) is -2.08. The van der Waals surface area contributed by atoms with E-state index in [0.717, 1.165) is 0 Å². The molecular weight excluding hydrogens is 254 g/mol. The fourth-order valence-corrected chi connectivity index (χ4v) is 0. The van der Waals surface area contributed by atoms with Gasteiger partial charge in [-0.2, -0.15) is 0 Å². The Hall–Kier alpha value is 0.953. The van der Waals surface area contributed by atoms with Crippen LogP contribution in [0.25, 0.3) is 0 Å². The third-order valence-corrected chi connectivity index (χ3v) is 0. The SMILES string of the molecule is [CH-]=C(F)F.[Zn+][I]. The van der Waals surface area contributed by atoms with Gasteiger partial charge in [-0.1, -0.05) is 0 Å². The summed E-state index contributed by atoms with van der Waals surface area (Å²) >= 11 is 3.62. The topological polar surface area (TPSA) is 0 Å². The molecule has 0 aromatic heterocycles. The van der Waals surface area contributed by atoms with Gasteiger partial charge in [-0.15, -0.1) is 0 Å². The second-order valence-electron chi connectivity index (χ2n) is 0.290. The third-order valence-electron chi connectivity index (χ3n) is 0. The summed E-state index contributed by atoms with van der Waals surface area (Å²) in [6.45, 7) is 3.69. The molecule has 0 heterocycles. The van der Waals surface area contributed by atoms with Gasteiger partial charge in [-0.05, 0) is 0 Å². The summed E-state index contributed by atoms with van der Waals surface area (Å²) in [5, 5.41) is 0. The van der Waals surface area contributed by atoms with Crippen molar-refractivity contribution in [3.63, 3.8) is 0 Å². The summed E-state index contributed by atoms with van der Waals surface area (Å²) in [5.41, 5.74) is 0. The minimum absolute atomic E-state index is 1.34. The molecule has 0 amide bonds. The van der Waals surface area contributed by atoms with Crippen LogP contribution in [0.3, 0.4) is 0 Å². The summed E-state index contributed by atoms with van der Waals surface area (Å²) in [7, 11) is 0. The van der Waals surface area contributed by atoms with Gasteiger partial charge in [0.1, 0.15) is 0 Å². The Morgan fingerprint density at radius 1 is 1.50 bits per heavy atom. The van der Waals surface area contributed by atoms with E-state index in [4.69, 9.17) is 0 Å². The van der Waals surface area contributed by atoms with E-state index >= 15 is 0 Å².